The van der Waals surface area contributed by atoms with Gasteiger partial charge in [-0.1, -0.05) is 0 Å². The SMILES string of the molecule is COC(=O)C[C@H]1C[C@H]1CNC(=O)OC(C)(C)C. The molecule has 0 spiro atoms. The molecular weight excluding hydrogens is 222 g/mol. The van der Waals surface area contributed by atoms with Crippen molar-refractivity contribution in [3.8, 4) is 0 Å². The first-order valence-corrected chi connectivity index (χ1v) is 5.85. The molecule has 17 heavy (non-hydrogen) atoms. The summed E-state index contributed by atoms with van der Waals surface area (Å²) in [5.74, 6) is 0.536. The molecule has 1 saturated carbocycles. The molecule has 0 heterocycles. The lowest BCUT2D eigenvalue weighted by molar-refractivity contribution is -0.141. The smallest absolute Gasteiger partial charge is 0.407 e. The van der Waals surface area contributed by atoms with Gasteiger partial charge < -0.3 is 14.8 Å². The second-order valence-electron chi connectivity index (χ2n) is 5.42. The van der Waals surface area contributed by atoms with Crippen LogP contribution >= 0.6 is 0 Å². The number of rotatable bonds is 4. The highest BCUT2D eigenvalue weighted by Crippen LogP contribution is 2.40. The van der Waals surface area contributed by atoms with Crippen LogP contribution < -0.4 is 5.32 Å². The van der Waals surface area contributed by atoms with Crippen molar-refractivity contribution in [1.29, 1.82) is 0 Å². The van der Waals surface area contributed by atoms with E-state index in [1.54, 1.807) is 0 Å². The zero-order chi connectivity index (χ0) is 13.1. The van der Waals surface area contributed by atoms with Gasteiger partial charge in [0.1, 0.15) is 5.60 Å². The fourth-order valence-electron chi connectivity index (χ4n) is 1.64. The van der Waals surface area contributed by atoms with E-state index < -0.39 is 11.7 Å². The molecule has 0 aromatic heterocycles. The summed E-state index contributed by atoms with van der Waals surface area (Å²) in [7, 11) is 1.39. The summed E-state index contributed by atoms with van der Waals surface area (Å²) in [6.45, 7) is 6.04. The maximum atomic E-state index is 11.4. The first-order valence-electron chi connectivity index (χ1n) is 5.85. The minimum atomic E-state index is -0.473. The highest BCUT2D eigenvalue weighted by Gasteiger charge is 2.38. The number of amides is 1. The molecule has 0 unspecified atom stereocenters. The summed E-state index contributed by atoms with van der Waals surface area (Å²) in [5, 5.41) is 2.71. The lowest BCUT2D eigenvalue weighted by atomic mass is 10.2. The normalized spacial score (nSPS) is 22.8. The molecule has 5 heteroatoms. The van der Waals surface area contributed by atoms with E-state index in [-0.39, 0.29) is 5.97 Å². The molecule has 98 valence electrons. The maximum absolute atomic E-state index is 11.4. The molecule has 0 radical (unpaired) electrons. The fraction of sp³-hybridized carbons (Fsp3) is 0.833. The van der Waals surface area contributed by atoms with Crippen LogP contribution in [-0.4, -0.2) is 31.3 Å². The molecule has 0 saturated heterocycles. The van der Waals surface area contributed by atoms with Gasteiger partial charge in [0.2, 0.25) is 0 Å². The van der Waals surface area contributed by atoms with Crippen molar-refractivity contribution >= 4 is 12.1 Å². The second kappa shape index (κ2) is 5.38. The largest absolute Gasteiger partial charge is 0.469 e. The molecule has 1 amide bonds. The zero-order valence-corrected chi connectivity index (χ0v) is 10.9. The van der Waals surface area contributed by atoms with Crippen LogP contribution in [-0.2, 0) is 14.3 Å². The lowest BCUT2D eigenvalue weighted by Crippen LogP contribution is -2.33. The van der Waals surface area contributed by atoms with E-state index in [0.717, 1.165) is 6.42 Å². The van der Waals surface area contributed by atoms with E-state index in [4.69, 9.17) is 4.74 Å². The van der Waals surface area contributed by atoms with Gasteiger partial charge in [0.05, 0.1) is 7.11 Å². The predicted octanol–water partition coefficient (Wildman–Crippen LogP) is 1.71. The number of nitrogens with one attached hydrogen (secondary N) is 1. The Kier molecular flexibility index (Phi) is 4.37. The van der Waals surface area contributed by atoms with E-state index in [1.807, 2.05) is 20.8 Å². The molecular formula is C12H21NO4. The van der Waals surface area contributed by atoms with Crippen molar-refractivity contribution in [2.24, 2.45) is 11.8 Å². The Bertz CT molecular complexity index is 295. The quantitative estimate of drug-likeness (QED) is 0.763. The highest BCUT2D eigenvalue weighted by molar-refractivity contribution is 5.70. The summed E-state index contributed by atoms with van der Waals surface area (Å²) < 4.78 is 9.70. The number of carbonyl (C=O) groups is 2. The molecule has 0 bridgehead atoms. The average Bonchev–Trinajstić information content (AvgIpc) is 2.91. The molecule has 0 aliphatic heterocycles. The van der Waals surface area contributed by atoms with Gasteiger partial charge in [-0.3, -0.25) is 4.79 Å². The van der Waals surface area contributed by atoms with E-state index in [9.17, 15) is 9.59 Å². The van der Waals surface area contributed by atoms with E-state index in [1.165, 1.54) is 7.11 Å². The molecule has 1 N–H and O–H groups in total. The molecule has 1 aliphatic rings. The van der Waals surface area contributed by atoms with Crippen LogP contribution in [0.25, 0.3) is 0 Å². The summed E-state index contributed by atoms with van der Waals surface area (Å²) in [6.07, 6.45) is 1.00. The van der Waals surface area contributed by atoms with Crippen molar-refractivity contribution in [2.45, 2.75) is 39.2 Å². The topological polar surface area (TPSA) is 64.6 Å². The number of methoxy groups -OCH3 is 1. The van der Waals surface area contributed by atoms with Crippen molar-refractivity contribution in [1.82, 2.24) is 5.32 Å². The highest BCUT2D eigenvalue weighted by atomic mass is 16.6. The number of hydrogen-bond donors (Lipinski definition) is 1. The van der Waals surface area contributed by atoms with Crippen LogP contribution in [0.5, 0.6) is 0 Å². The zero-order valence-electron chi connectivity index (χ0n) is 10.9. The van der Waals surface area contributed by atoms with Gasteiger partial charge in [-0.25, -0.2) is 4.79 Å². The maximum Gasteiger partial charge on any atom is 0.407 e. The predicted molar refractivity (Wildman–Crippen MR) is 62.5 cm³/mol. The molecule has 0 aromatic carbocycles. The third-order valence-corrected chi connectivity index (χ3v) is 2.63. The first-order chi connectivity index (χ1) is 7.81. The van der Waals surface area contributed by atoms with Gasteiger partial charge in [0.25, 0.3) is 0 Å². The molecule has 2 atom stereocenters. The van der Waals surface area contributed by atoms with Gasteiger partial charge in [-0.15, -0.1) is 0 Å². The lowest BCUT2D eigenvalue weighted by Gasteiger charge is -2.19. The number of hydrogen-bond acceptors (Lipinski definition) is 4. The monoisotopic (exact) mass is 243 g/mol. The van der Waals surface area contributed by atoms with Gasteiger partial charge >= 0.3 is 12.1 Å². The summed E-state index contributed by atoms with van der Waals surface area (Å²) >= 11 is 0. The van der Waals surface area contributed by atoms with E-state index >= 15 is 0 Å². The van der Waals surface area contributed by atoms with Crippen LogP contribution in [0.1, 0.15) is 33.6 Å². The average molecular weight is 243 g/mol. The number of ether oxygens (including phenoxy) is 2. The van der Waals surface area contributed by atoms with Gasteiger partial charge in [0.15, 0.2) is 0 Å². The fourth-order valence-corrected chi connectivity index (χ4v) is 1.64. The van der Waals surface area contributed by atoms with Gasteiger partial charge in [0, 0.05) is 13.0 Å². The molecule has 5 nitrogen and oxygen atoms in total. The van der Waals surface area contributed by atoms with Crippen molar-refractivity contribution in [2.75, 3.05) is 13.7 Å². The molecule has 0 aromatic rings. The minimum absolute atomic E-state index is 0.185. The Balaban J connectivity index is 2.13. The standard InChI is InChI=1S/C12H21NO4/c1-12(2,3)17-11(15)13-7-9-5-8(9)6-10(14)16-4/h8-9H,5-7H2,1-4H3,(H,13,15)/t8-,9+/m1/s1. The van der Waals surface area contributed by atoms with Gasteiger partial charge in [-0.05, 0) is 39.0 Å². The van der Waals surface area contributed by atoms with Crippen molar-refractivity contribution in [3.63, 3.8) is 0 Å². The van der Waals surface area contributed by atoms with Crippen molar-refractivity contribution in [3.05, 3.63) is 0 Å². The second-order valence-corrected chi connectivity index (χ2v) is 5.42. The Hall–Kier alpha value is -1.26. The van der Waals surface area contributed by atoms with Crippen LogP contribution in [0, 0.1) is 11.8 Å². The molecule has 1 aliphatic carbocycles. The summed E-state index contributed by atoms with van der Waals surface area (Å²) in [4.78, 5) is 22.4. The Morgan fingerprint density at radius 3 is 2.47 bits per heavy atom. The first kappa shape index (κ1) is 13.8. The third-order valence-electron chi connectivity index (χ3n) is 2.63. The Labute approximate surface area is 102 Å². The molecule has 1 fully saturated rings. The van der Waals surface area contributed by atoms with Crippen LogP contribution in [0.4, 0.5) is 4.79 Å². The van der Waals surface area contributed by atoms with Crippen molar-refractivity contribution < 1.29 is 19.1 Å². The van der Waals surface area contributed by atoms with Gasteiger partial charge in [-0.2, -0.15) is 0 Å². The summed E-state index contributed by atoms with van der Waals surface area (Å²) in [6, 6.07) is 0. The van der Waals surface area contributed by atoms with E-state index in [0.29, 0.717) is 24.8 Å². The Morgan fingerprint density at radius 1 is 1.29 bits per heavy atom. The van der Waals surface area contributed by atoms with Crippen LogP contribution in [0.15, 0.2) is 0 Å². The van der Waals surface area contributed by atoms with E-state index in [2.05, 4.69) is 10.1 Å². The summed E-state index contributed by atoms with van der Waals surface area (Å²) in [5.41, 5.74) is -0.473. The van der Waals surface area contributed by atoms with Crippen LogP contribution in [0.3, 0.4) is 0 Å². The minimum Gasteiger partial charge on any atom is -0.469 e. The molecule has 1 rings (SSSR count). The Morgan fingerprint density at radius 2 is 1.94 bits per heavy atom. The number of carbonyl (C=O) groups excluding carboxylic acids is 2. The third kappa shape index (κ3) is 5.56. The van der Waals surface area contributed by atoms with Crippen LogP contribution in [0.2, 0.25) is 0 Å². The number of alkyl carbamates (subject to hydrolysis) is 1. The number of esters is 1.